The third kappa shape index (κ3) is 4.50. The fourth-order valence-electron chi connectivity index (χ4n) is 4.25. The van der Waals surface area contributed by atoms with Gasteiger partial charge in [0.25, 0.3) is 0 Å². The van der Waals surface area contributed by atoms with E-state index in [4.69, 9.17) is 9.47 Å². The Hall–Kier alpha value is -1.92. The average molecular weight is 375 g/mol. The number of carbonyl (C=O) groups is 2. The van der Waals surface area contributed by atoms with E-state index in [0.717, 1.165) is 18.4 Å². The molecule has 6 heteroatoms. The highest BCUT2D eigenvalue weighted by Crippen LogP contribution is 2.37. The van der Waals surface area contributed by atoms with Crippen molar-refractivity contribution in [3.8, 4) is 0 Å². The van der Waals surface area contributed by atoms with Crippen molar-refractivity contribution in [1.82, 2.24) is 4.90 Å². The van der Waals surface area contributed by atoms with Gasteiger partial charge >= 0.3 is 11.9 Å². The molecule has 3 unspecified atom stereocenters. The lowest BCUT2D eigenvalue weighted by Crippen LogP contribution is -2.39. The van der Waals surface area contributed by atoms with Crippen molar-refractivity contribution in [1.29, 1.82) is 0 Å². The minimum Gasteiger partial charge on any atom is -0.468 e. The van der Waals surface area contributed by atoms with Gasteiger partial charge in [0.1, 0.15) is 12.1 Å². The van der Waals surface area contributed by atoms with Gasteiger partial charge in [-0.1, -0.05) is 37.1 Å². The van der Waals surface area contributed by atoms with E-state index >= 15 is 0 Å². The van der Waals surface area contributed by atoms with E-state index < -0.39 is 12.1 Å². The van der Waals surface area contributed by atoms with E-state index in [2.05, 4.69) is 0 Å². The van der Waals surface area contributed by atoms with Gasteiger partial charge < -0.3 is 14.6 Å². The molecule has 1 saturated carbocycles. The molecule has 1 aromatic rings. The number of aliphatic hydroxyl groups is 1. The largest absolute Gasteiger partial charge is 0.468 e. The summed E-state index contributed by atoms with van der Waals surface area (Å²) in [6.07, 6.45) is 3.63. The Morgan fingerprint density at radius 3 is 2.56 bits per heavy atom. The first kappa shape index (κ1) is 19.8. The molecule has 2 aliphatic rings. The van der Waals surface area contributed by atoms with Crippen LogP contribution in [0.4, 0.5) is 0 Å². The average Bonchev–Trinajstić information content (AvgIpc) is 3.38. The van der Waals surface area contributed by atoms with Crippen LogP contribution in [0.15, 0.2) is 24.3 Å². The second-order valence-corrected chi connectivity index (χ2v) is 7.55. The molecule has 148 valence electrons. The molecule has 6 nitrogen and oxygen atoms in total. The number of nitrogens with zero attached hydrogens (tertiary/aromatic N) is 1. The molecular weight excluding hydrogens is 346 g/mol. The molecule has 3 rings (SSSR count). The Morgan fingerprint density at radius 2 is 1.85 bits per heavy atom. The normalized spacial score (nSPS) is 23.1. The van der Waals surface area contributed by atoms with Crippen LogP contribution in [-0.4, -0.2) is 54.3 Å². The summed E-state index contributed by atoms with van der Waals surface area (Å²) < 4.78 is 10.3. The number of benzene rings is 1. The van der Waals surface area contributed by atoms with E-state index in [9.17, 15) is 14.7 Å². The Morgan fingerprint density at radius 1 is 1.15 bits per heavy atom. The second-order valence-electron chi connectivity index (χ2n) is 7.55. The van der Waals surface area contributed by atoms with E-state index in [1.54, 1.807) is 6.92 Å². The van der Waals surface area contributed by atoms with E-state index in [1.165, 1.54) is 20.0 Å². The Balaban J connectivity index is 1.61. The minimum absolute atomic E-state index is 0.299. The molecule has 0 spiro atoms. The number of hydrogen-bond donors (Lipinski definition) is 1. The Bertz CT molecular complexity index is 670. The zero-order chi connectivity index (χ0) is 19.4. The number of rotatable bonds is 6. The van der Waals surface area contributed by atoms with Crippen molar-refractivity contribution in [3.63, 3.8) is 0 Å². The van der Waals surface area contributed by atoms with Crippen LogP contribution in [-0.2, 0) is 19.1 Å². The van der Waals surface area contributed by atoms with Gasteiger partial charge in [-0.15, -0.1) is 0 Å². The second kappa shape index (κ2) is 8.85. The van der Waals surface area contributed by atoms with Crippen LogP contribution in [0.5, 0.6) is 0 Å². The van der Waals surface area contributed by atoms with Crippen molar-refractivity contribution in [2.75, 3.05) is 20.2 Å². The van der Waals surface area contributed by atoms with E-state index in [1.807, 2.05) is 29.2 Å². The van der Waals surface area contributed by atoms with Crippen LogP contribution in [0.3, 0.4) is 0 Å². The summed E-state index contributed by atoms with van der Waals surface area (Å²) in [5, 5.41) is 10.6. The zero-order valence-corrected chi connectivity index (χ0v) is 16.1. The molecule has 27 heavy (non-hydrogen) atoms. The third-order valence-electron chi connectivity index (χ3n) is 5.86. The van der Waals surface area contributed by atoms with Crippen molar-refractivity contribution >= 4 is 11.9 Å². The quantitative estimate of drug-likeness (QED) is 0.770. The first-order valence-electron chi connectivity index (χ1n) is 9.80. The molecule has 0 bridgehead atoms. The van der Waals surface area contributed by atoms with Crippen molar-refractivity contribution in [2.24, 2.45) is 0 Å². The van der Waals surface area contributed by atoms with E-state index in [-0.39, 0.29) is 18.1 Å². The number of hydrogen-bond acceptors (Lipinski definition) is 6. The SMILES string of the molecule is COC(=O)C(C)N1CCC(OC(=O)C(O)c2ccccc2C2CCCC2)C1. The topological polar surface area (TPSA) is 76.1 Å². The first-order valence-corrected chi connectivity index (χ1v) is 9.80. The molecule has 1 saturated heterocycles. The fraction of sp³-hybridized carbons (Fsp3) is 0.619. The predicted octanol–water partition coefficient (Wildman–Crippen LogP) is 2.56. The number of methoxy groups -OCH3 is 1. The summed E-state index contributed by atoms with van der Waals surface area (Å²) in [6.45, 7) is 2.91. The molecule has 1 aromatic carbocycles. The number of likely N-dealkylation sites (tertiary alicyclic amines) is 1. The lowest BCUT2D eigenvalue weighted by molar-refractivity contribution is -0.159. The molecule has 0 aromatic heterocycles. The lowest BCUT2D eigenvalue weighted by atomic mass is 9.90. The smallest absolute Gasteiger partial charge is 0.339 e. The monoisotopic (exact) mass is 375 g/mol. The highest BCUT2D eigenvalue weighted by atomic mass is 16.6. The summed E-state index contributed by atoms with van der Waals surface area (Å²) in [4.78, 5) is 26.2. The molecule has 0 radical (unpaired) electrons. The van der Waals surface area contributed by atoms with Crippen LogP contribution in [0.1, 0.15) is 62.2 Å². The summed E-state index contributed by atoms with van der Waals surface area (Å²) >= 11 is 0. The van der Waals surface area contributed by atoms with Crippen LogP contribution < -0.4 is 0 Å². The van der Waals surface area contributed by atoms with Gasteiger partial charge in [-0.3, -0.25) is 9.69 Å². The fourth-order valence-corrected chi connectivity index (χ4v) is 4.25. The zero-order valence-electron chi connectivity index (χ0n) is 16.1. The summed E-state index contributed by atoms with van der Waals surface area (Å²) in [7, 11) is 1.37. The maximum absolute atomic E-state index is 12.6. The van der Waals surface area contributed by atoms with Crippen molar-refractivity contribution in [2.45, 2.75) is 63.2 Å². The number of aliphatic hydroxyl groups excluding tert-OH is 1. The van der Waals surface area contributed by atoms with Gasteiger partial charge in [0.15, 0.2) is 6.10 Å². The van der Waals surface area contributed by atoms with Crippen LogP contribution >= 0.6 is 0 Å². The molecule has 1 aliphatic carbocycles. The molecular formula is C21H29NO5. The maximum Gasteiger partial charge on any atom is 0.339 e. The molecule has 1 aliphatic heterocycles. The Kier molecular flexibility index (Phi) is 6.50. The number of ether oxygens (including phenoxy) is 2. The van der Waals surface area contributed by atoms with Crippen LogP contribution in [0.2, 0.25) is 0 Å². The van der Waals surface area contributed by atoms with Gasteiger partial charge in [0.2, 0.25) is 0 Å². The van der Waals surface area contributed by atoms with Gasteiger partial charge in [0.05, 0.1) is 7.11 Å². The minimum atomic E-state index is -1.27. The summed E-state index contributed by atoms with van der Waals surface area (Å²) in [6, 6.07) is 7.27. The summed E-state index contributed by atoms with van der Waals surface area (Å²) in [5.74, 6) is -0.503. The molecule has 1 heterocycles. The standard InChI is InChI=1S/C21H29NO5/c1-14(20(24)26-2)22-12-11-16(13-22)27-21(25)19(23)18-10-6-5-9-17(18)15-7-3-4-8-15/h5-6,9-10,14-16,19,23H,3-4,7-8,11-13H2,1-2H3. The van der Waals surface area contributed by atoms with Gasteiger partial charge in [0, 0.05) is 13.1 Å². The predicted molar refractivity (Wildman–Crippen MR) is 100 cm³/mol. The van der Waals surface area contributed by atoms with Gasteiger partial charge in [-0.05, 0) is 43.2 Å². The highest BCUT2D eigenvalue weighted by molar-refractivity contribution is 5.77. The Labute approximate surface area is 160 Å². The summed E-state index contributed by atoms with van der Waals surface area (Å²) in [5.41, 5.74) is 1.72. The van der Waals surface area contributed by atoms with Gasteiger partial charge in [-0.2, -0.15) is 0 Å². The van der Waals surface area contributed by atoms with Crippen LogP contribution in [0, 0.1) is 0 Å². The molecule has 1 N–H and O–H groups in total. The number of esters is 2. The number of carbonyl (C=O) groups excluding carboxylic acids is 2. The first-order chi connectivity index (χ1) is 13.0. The van der Waals surface area contributed by atoms with Crippen molar-refractivity contribution < 1.29 is 24.2 Å². The van der Waals surface area contributed by atoms with Crippen LogP contribution in [0.25, 0.3) is 0 Å². The van der Waals surface area contributed by atoms with Crippen molar-refractivity contribution in [3.05, 3.63) is 35.4 Å². The maximum atomic E-state index is 12.6. The van der Waals surface area contributed by atoms with E-state index in [0.29, 0.717) is 31.0 Å². The van der Waals surface area contributed by atoms with Gasteiger partial charge in [-0.25, -0.2) is 4.79 Å². The highest BCUT2D eigenvalue weighted by Gasteiger charge is 2.34. The molecule has 2 fully saturated rings. The molecule has 3 atom stereocenters. The molecule has 0 amide bonds. The lowest BCUT2D eigenvalue weighted by Gasteiger charge is -2.22. The third-order valence-corrected chi connectivity index (χ3v) is 5.86.